The van der Waals surface area contributed by atoms with E-state index in [1.165, 1.54) is 31.1 Å². The molecule has 2 fully saturated rings. The van der Waals surface area contributed by atoms with Crippen LogP contribution in [0, 0.1) is 23.7 Å². The van der Waals surface area contributed by atoms with Crippen LogP contribution in [0.2, 0.25) is 0 Å². The first-order valence-electron chi connectivity index (χ1n) is 11.2. The summed E-state index contributed by atoms with van der Waals surface area (Å²) in [6.45, 7) is 1.57. The van der Waals surface area contributed by atoms with Crippen LogP contribution in [0.5, 0.6) is 5.75 Å². The fourth-order valence-electron chi connectivity index (χ4n) is 6.26. The number of hydrogen-bond acceptors (Lipinski definition) is 11. The van der Waals surface area contributed by atoms with Gasteiger partial charge in [-0.2, -0.15) is 0 Å². The Balaban J connectivity index is 1.95. The number of phenols is 1. The molecule has 1 aromatic carbocycles. The molecule has 36 heavy (non-hydrogen) atoms. The molecular formula is C24H26N2O10. The van der Waals surface area contributed by atoms with Gasteiger partial charge in [0.25, 0.3) is 0 Å². The average Bonchev–Trinajstić information content (AvgIpc) is 2.80. The summed E-state index contributed by atoms with van der Waals surface area (Å²) in [7, 11) is 3.90. The Morgan fingerprint density at radius 1 is 1.11 bits per heavy atom. The quantitative estimate of drug-likeness (QED) is 0.268. The van der Waals surface area contributed by atoms with Crippen molar-refractivity contribution in [2.24, 2.45) is 29.4 Å². The van der Waals surface area contributed by atoms with E-state index in [9.17, 15) is 44.1 Å². The number of primary amides is 1. The molecule has 3 aliphatic carbocycles. The van der Waals surface area contributed by atoms with Crippen molar-refractivity contribution in [1.29, 1.82) is 0 Å². The van der Waals surface area contributed by atoms with Gasteiger partial charge in [-0.05, 0) is 31.6 Å². The molecule has 12 nitrogen and oxygen atoms in total. The SMILES string of the molecule is COC(=O)c1ccc2c(c1O)C(=O)C1C(=O)[C@]3(O)C(=O)C(C(N)=O)C(=O)[C@@H](N(C)C)C3[C@@H](O)C1[C@H]2C. The van der Waals surface area contributed by atoms with E-state index in [0.717, 1.165) is 7.11 Å². The molecule has 0 saturated heterocycles. The fraction of sp³-hybridized carbons (Fsp3) is 0.500. The number of carbonyl (C=O) groups is 6. The average molecular weight is 502 g/mol. The van der Waals surface area contributed by atoms with Gasteiger partial charge in [-0.3, -0.25) is 28.9 Å². The van der Waals surface area contributed by atoms with Gasteiger partial charge in [0.15, 0.2) is 34.7 Å². The topological polar surface area (TPSA) is 202 Å². The molecule has 0 heterocycles. The molecule has 4 rings (SSSR count). The third kappa shape index (κ3) is 3.04. The minimum absolute atomic E-state index is 0.230. The molecule has 0 aliphatic heterocycles. The van der Waals surface area contributed by atoms with Gasteiger partial charge in [0.2, 0.25) is 5.91 Å². The van der Waals surface area contributed by atoms with E-state index in [0.29, 0.717) is 0 Å². The lowest BCUT2D eigenvalue weighted by molar-refractivity contribution is -0.196. The summed E-state index contributed by atoms with van der Waals surface area (Å²) >= 11 is 0. The first-order valence-corrected chi connectivity index (χ1v) is 11.2. The highest BCUT2D eigenvalue weighted by Gasteiger charge is 2.72. The standard InChI is InChI=1S/C24H26N2O10/c1-7-8-5-6-9(23(34)36-4)16(27)11(8)17(28)12-10(7)18(29)14-15(26(2)3)19(30)13(22(25)33)21(32)24(14,35)20(12)31/h5-7,10,12-15,18,27,29,35H,1-4H3,(H2,25,33)/t7-,10?,12?,13?,14?,15-,18-,24-/m0/s1. The van der Waals surface area contributed by atoms with E-state index in [4.69, 9.17) is 5.73 Å². The molecule has 0 bridgehead atoms. The zero-order chi connectivity index (χ0) is 27.0. The van der Waals surface area contributed by atoms with Crippen molar-refractivity contribution in [2.45, 2.75) is 30.6 Å². The lowest BCUT2D eigenvalue weighted by atomic mass is 9.49. The van der Waals surface area contributed by atoms with E-state index in [1.807, 2.05) is 0 Å². The van der Waals surface area contributed by atoms with Crippen LogP contribution in [0.4, 0.5) is 0 Å². The second-order valence-electron chi connectivity index (χ2n) is 9.78. The summed E-state index contributed by atoms with van der Waals surface area (Å²) in [6.07, 6.45) is -1.72. The van der Waals surface area contributed by atoms with Crippen LogP contribution in [0.15, 0.2) is 12.1 Å². The molecule has 4 unspecified atom stereocenters. The van der Waals surface area contributed by atoms with Crippen LogP contribution in [0.1, 0.15) is 39.1 Å². The van der Waals surface area contributed by atoms with Crippen LogP contribution < -0.4 is 5.73 Å². The van der Waals surface area contributed by atoms with Gasteiger partial charge in [-0.1, -0.05) is 13.0 Å². The van der Waals surface area contributed by atoms with Crippen molar-refractivity contribution >= 4 is 35.0 Å². The first kappa shape index (κ1) is 25.6. The molecule has 1 amide bonds. The highest BCUT2D eigenvalue weighted by Crippen LogP contribution is 2.54. The van der Waals surface area contributed by atoms with Gasteiger partial charge in [0.1, 0.15) is 11.3 Å². The van der Waals surface area contributed by atoms with Gasteiger partial charge >= 0.3 is 5.97 Å². The van der Waals surface area contributed by atoms with E-state index in [1.54, 1.807) is 6.92 Å². The van der Waals surface area contributed by atoms with Crippen molar-refractivity contribution in [3.05, 3.63) is 28.8 Å². The summed E-state index contributed by atoms with van der Waals surface area (Å²) in [5.41, 5.74) is 1.71. The number of rotatable bonds is 3. The lowest BCUT2D eigenvalue weighted by Crippen LogP contribution is -2.77. The van der Waals surface area contributed by atoms with E-state index < -0.39 is 88.1 Å². The molecule has 0 radical (unpaired) electrons. The van der Waals surface area contributed by atoms with Crippen molar-refractivity contribution in [3.63, 3.8) is 0 Å². The van der Waals surface area contributed by atoms with Crippen LogP contribution in [-0.2, 0) is 23.9 Å². The Bertz CT molecular complexity index is 1240. The number of hydrogen-bond donors (Lipinski definition) is 4. The second kappa shape index (κ2) is 8.29. The number of nitrogens with two attached hydrogens (primary N) is 1. The minimum atomic E-state index is -3.08. The number of likely N-dealkylation sites (N-methyl/N-ethyl adjacent to an activating group) is 1. The van der Waals surface area contributed by atoms with E-state index in [-0.39, 0.29) is 16.7 Å². The number of fused-ring (bicyclic) bond motifs is 3. The highest BCUT2D eigenvalue weighted by molar-refractivity contribution is 6.32. The Labute approximate surface area is 205 Å². The summed E-state index contributed by atoms with van der Waals surface area (Å²) in [5, 5.41) is 33.8. The number of Topliss-reactive ketones (excluding diaryl/α,β-unsaturated/α-hetero) is 4. The summed E-state index contributed by atoms with van der Waals surface area (Å²) in [5.74, 6) is -15.5. The van der Waals surface area contributed by atoms with Gasteiger partial charge < -0.3 is 25.8 Å². The number of aromatic hydroxyl groups is 1. The molecule has 12 heteroatoms. The number of carbonyl (C=O) groups excluding carboxylic acids is 6. The summed E-state index contributed by atoms with van der Waals surface area (Å²) < 4.78 is 4.61. The number of aliphatic hydroxyl groups is 2. The monoisotopic (exact) mass is 502 g/mol. The number of nitrogens with zero attached hydrogens (tertiary/aromatic N) is 1. The number of ketones is 4. The second-order valence-corrected chi connectivity index (χ2v) is 9.78. The van der Waals surface area contributed by atoms with Crippen LogP contribution in [0.3, 0.4) is 0 Å². The third-order valence-corrected chi connectivity index (χ3v) is 7.89. The first-order chi connectivity index (χ1) is 16.7. The van der Waals surface area contributed by atoms with Crippen LogP contribution in [-0.4, -0.2) is 94.2 Å². The smallest absolute Gasteiger partial charge is 0.341 e. The molecule has 192 valence electrons. The van der Waals surface area contributed by atoms with Gasteiger partial charge in [0, 0.05) is 5.92 Å². The highest BCUT2D eigenvalue weighted by atomic mass is 16.5. The number of methoxy groups -OCH3 is 1. The number of esters is 1. The molecule has 5 N–H and O–H groups in total. The number of ether oxygens (including phenoxy) is 1. The molecule has 1 aromatic rings. The number of benzene rings is 1. The largest absolute Gasteiger partial charge is 0.506 e. The maximum atomic E-state index is 13.8. The molecule has 0 spiro atoms. The Morgan fingerprint density at radius 2 is 1.72 bits per heavy atom. The van der Waals surface area contributed by atoms with Crippen molar-refractivity contribution in [2.75, 3.05) is 21.2 Å². The number of amides is 1. The Morgan fingerprint density at radius 3 is 2.25 bits per heavy atom. The summed E-state index contributed by atoms with van der Waals surface area (Å²) in [6, 6.07) is 1.19. The molecular weight excluding hydrogens is 476 g/mol. The maximum Gasteiger partial charge on any atom is 0.341 e. The molecule has 3 aliphatic rings. The van der Waals surface area contributed by atoms with Gasteiger partial charge in [-0.25, -0.2) is 4.79 Å². The van der Waals surface area contributed by atoms with Crippen LogP contribution >= 0.6 is 0 Å². The maximum absolute atomic E-state index is 13.8. The lowest BCUT2D eigenvalue weighted by Gasteiger charge is -2.56. The third-order valence-electron chi connectivity index (χ3n) is 7.89. The number of phenolic OH excluding ortho intramolecular Hbond substituents is 1. The Kier molecular flexibility index (Phi) is 5.90. The van der Waals surface area contributed by atoms with Crippen molar-refractivity contribution < 1.29 is 48.8 Å². The van der Waals surface area contributed by atoms with E-state index in [2.05, 4.69) is 4.74 Å². The minimum Gasteiger partial charge on any atom is -0.506 e. The zero-order valence-electron chi connectivity index (χ0n) is 19.9. The molecule has 2 saturated carbocycles. The normalized spacial score (nSPS) is 35.7. The predicted octanol–water partition coefficient (Wildman–Crippen LogP) is -1.81. The zero-order valence-corrected chi connectivity index (χ0v) is 19.9. The van der Waals surface area contributed by atoms with Crippen molar-refractivity contribution in [3.8, 4) is 5.75 Å². The number of aliphatic hydroxyl groups excluding tert-OH is 1. The summed E-state index contributed by atoms with van der Waals surface area (Å²) in [4.78, 5) is 79.2. The molecule has 0 aromatic heterocycles. The van der Waals surface area contributed by atoms with E-state index >= 15 is 0 Å². The molecule has 8 atom stereocenters. The van der Waals surface area contributed by atoms with Crippen molar-refractivity contribution in [1.82, 2.24) is 4.90 Å². The van der Waals surface area contributed by atoms with Crippen LogP contribution in [0.25, 0.3) is 0 Å². The van der Waals surface area contributed by atoms with Gasteiger partial charge in [0.05, 0.1) is 36.7 Å². The predicted molar refractivity (Wildman–Crippen MR) is 119 cm³/mol. The van der Waals surface area contributed by atoms with Gasteiger partial charge in [-0.15, -0.1) is 0 Å². The Hall–Kier alpha value is -3.48. The fourth-order valence-corrected chi connectivity index (χ4v) is 6.26.